The maximum absolute atomic E-state index is 12.3. The molecule has 0 spiro atoms. The summed E-state index contributed by atoms with van der Waals surface area (Å²) in [5.41, 5.74) is 1.74. The van der Waals surface area contributed by atoms with Crippen molar-refractivity contribution < 1.29 is 4.79 Å². The number of nitrogens with zero attached hydrogens (tertiary/aromatic N) is 3. The molecule has 0 saturated heterocycles. The van der Waals surface area contributed by atoms with Gasteiger partial charge in [0.05, 0.1) is 0 Å². The Morgan fingerprint density at radius 3 is 2.73 bits per heavy atom. The summed E-state index contributed by atoms with van der Waals surface area (Å²) in [6, 6.07) is 9.62. The van der Waals surface area contributed by atoms with E-state index in [-0.39, 0.29) is 5.69 Å². The number of fused-ring (bicyclic) bond motifs is 1. The number of aryl methyl sites for hydroxylation is 1. The standard InChI is InChI=1S/C19H24N4O3/c1-21-16(13-17(24)22(2)19(21)26)18(25)20-10-6-12-23-11-5-8-14-7-3-4-9-15(14)23/h3-4,7,9,13H,5-6,8,10-12H2,1-2H3,(H,20,25). The molecule has 2 aromatic rings. The van der Waals surface area contributed by atoms with Gasteiger partial charge in [-0.3, -0.25) is 18.7 Å². The van der Waals surface area contributed by atoms with Crippen molar-refractivity contribution in [1.29, 1.82) is 0 Å². The van der Waals surface area contributed by atoms with Gasteiger partial charge in [0.25, 0.3) is 11.5 Å². The second-order valence-corrected chi connectivity index (χ2v) is 6.60. The molecule has 7 heteroatoms. The van der Waals surface area contributed by atoms with Crippen LogP contribution in [0.2, 0.25) is 0 Å². The Balaban J connectivity index is 1.57. The van der Waals surface area contributed by atoms with Crippen molar-refractivity contribution in [3.05, 3.63) is 62.4 Å². The summed E-state index contributed by atoms with van der Waals surface area (Å²) in [5.74, 6) is -0.402. The molecule has 2 heterocycles. The van der Waals surface area contributed by atoms with Gasteiger partial charge in [-0.05, 0) is 30.9 Å². The van der Waals surface area contributed by atoms with Gasteiger partial charge in [-0.25, -0.2) is 4.79 Å². The van der Waals surface area contributed by atoms with E-state index in [1.165, 1.54) is 36.0 Å². The minimum Gasteiger partial charge on any atom is -0.371 e. The number of hydrogen-bond acceptors (Lipinski definition) is 4. The van der Waals surface area contributed by atoms with Gasteiger partial charge >= 0.3 is 5.69 Å². The molecule has 3 rings (SSSR count). The molecular weight excluding hydrogens is 332 g/mol. The quantitative estimate of drug-likeness (QED) is 0.799. The predicted molar refractivity (Wildman–Crippen MR) is 101 cm³/mol. The molecule has 0 fully saturated rings. The minimum absolute atomic E-state index is 0.0846. The van der Waals surface area contributed by atoms with Gasteiger partial charge in [0.15, 0.2) is 0 Å². The van der Waals surface area contributed by atoms with Gasteiger partial charge in [0.1, 0.15) is 5.69 Å². The van der Waals surface area contributed by atoms with E-state index >= 15 is 0 Å². The highest BCUT2D eigenvalue weighted by Gasteiger charge is 2.16. The molecule has 0 bridgehead atoms. The Morgan fingerprint density at radius 1 is 1.15 bits per heavy atom. The molecule has 7 nitrogen and oxygen atoms in total. The molecular formula is C19H24N4O3. The van der Waals surface area contributed by atoms with Crippen LogP contribution in [-0.4, -0.2) is 34.7 Å². The van der Waals surface area contributed by atoms with Crippen LogP contribution in [0.5, 0.6) is 0 Å². The van der Waals surface area contributed by atoms with E-state index in [9.17, 15) is 14.4 Å². The van der Waals surface area contributed by atoms with Crippen LogP contribution < -0.4 is 21.5 Å². The van der Waals surface area contributed by atoms with E-state index in [4.69, 9.17) is 0 Å². The van der Waals surface area contributed by atoms with Gasteiger partial charge < -0.3 is 10.2 Å². The Morgan fingerprint density at radius 2 is 1.92 bits per heavy atom. The third-order valence-electron chi connectivity index (χ3n) is 4.86. The number of para-hydroxylation sites is 1. The zero-order valence-electron chi connectivity index (χ0n) is 15.2. The molecule has 0 radical (unpaired) electrons. The zero-order valence-corrected chi connectivity index (χ0v) is 15.2. The zero-order chi connectivity index (χ0) is 18.7. The van der Waals surface area contributed by atoms with Crippen LogP contribution in [0.1, 0.15) is 28.9 Å². The summed E-state index contributed by atoms with van der Waals surface area (Å²) in [5, 5.41) is 2.80. The number of carbonyl (C=O) groups is 1. The molecule has 1 amide bonds. The summed E-state index contributed by atoms with van der Waals surface area (Å²) >= 11 is 0. The van der Waals surface area contributed by atoms with E-state index in [1.807, 2.05) is 0 Å². The van der Waals surface area contributed by atoms with E-state index < -0.39 is 17.2 Å². The Labute approximate surface area is 151 Å². The highest BCUT2D eigenvalue weighted by atomic mass is 16.2. The van der Waals surface area contributed by atoms with E-state index in [0.29, 0.717) is 6.54 Å². The van der Waals surface area contributed by atoms with Gasteiger partial charge in [-0.1, -0.05) is 18.2 Å². The Bertz CT molecular complexity index is 929. The number of amides is 1. The fourth-order valence-corrected chi connectivity index (χ4v) is 3.36. The fraction of sp³-hybridized carbons (Fsp3) is 0.421. The smallest absolute Gasteiger partial charge is 0.331 e. The molecule has 0 saturated carbocycles. The van der Waals surface area contributed by atoms with Crippen molar-refractivity contribution >= 4 is 11.6 Å². The lowest BCUT2D eigenvalue weighted by molar-refractivity contribution is 0.0943. The molecule has 26 heavy (non-hydrogen) atoms. The Hall–Kier alpha value is -2.83. The predicted octanol–water partition coefficient (Wildman–Crippen LogP) is 0.657. The van der Waals surface area contributed by atoms with Crippen molar-refractivity contribution in [2.24, 2.45) is 14.1 Å². The van der Waals surface area contributed by atoms with E-state index in [0.717, 1.165) is 36.9 Å². The molecule has 1 aromatic carbocycles. The van der Waals surface area contributed by atoms with Crippen LogP contribution in [0.15, 0.2) is 39.9 Å². The molecule has 138 valence electrons. The largest absolute Gasteiger partial charge is 0.371 e. The number of rotatable bonds is 5. The van der Waals surface area contributed by atoms with Gasteiger partial charge in [0, 0.05) is 45.5 Å². The third kappa shape index (κ3) is 3.56. The molecule has 1 N–H and O–H groups in total. The summed E-state index contributed by atoms with van der Waals surface area (Å²) < 4.78 is 2.17. The molecule has 0 aliphatic carbocycles. The normalized spacial score (nSPS) is 13.4. The van der Waals surface area contributed by atoms with Crippen molar-refractivity contribution in [2.75, 3.05) is 24.5 Å². The first kappa shape index (κ1) is 18.0. The van der Waals surface area contributed by atoms with Gasteiger partial charge in [-0.15, -0.1) is 0 Å². The van der Waals surface area contributed by atoms with Crippen molar-refractivity contribution in [3.8, 4) is 0 Å². The van der Waals surface area contributed by atoms with Crippen molar-refractivity contribution in [2.45, 2.75) is 19.3 Å². The van der Waals surface area contributed by atoms with Crippen LogP contribution in [-0.2, 0) is 20.5 Å². The lowest BCUT2D eigenvalue weighted by Gasteiger charge is -2.31. The highest BCUT2D eigenvalue weighted by Crippen LogP contribution is 2.26. The number of hydrogen-bond donors (Lipinski definition) is 1. The second kappa shape index (κ2) is 7.59. The number of benzene rings is 1. The molecule has 0 unspecified atom stereocenters. The number of carbonyl (C=O) groups excluding carboxylic acids is 1. The summed E-state index contributed by atoms with van der Waals surface area (Å²) in [6.07, 6.45) is 3.04. The minimum atomic E-state index is -0.507. The van der Waals surface area contributed by atoms with E-state index in [1.54, 1.807) is 0 Å². The topological polar surface area (TPSA) is 76.3 Å². The maximum atomic E-state index is 12.3. The number of nitrogens with one attached hydrogen (secondary N) is 1. The molecule has 1 aliphatic rings. The molecule has 0 atom stereocenters. The van der Waals surface area contributed by atoms with Crippen LogP contribution in [0.25, 0.3) is 0 Å². The van der Waals surface area contributed by atoms with Crippen LogP contribution >= 0.6 is 0 Å². The van der Waals surface area contributed by atoms with Crippen LogP contribution in [0.4, 0.5) is 5.69 Å². The second-order valence-electron chi connectivity index (χ2n) is 6.60. The van der Waals surface area contributed by atoms with Gasteiger partial charge in [-0.2, -0.15) is 0 Å². The number of aromatic nitrogens is 2. The fourth-order valence-electron chi connectivity index (χ4n) is 3.36. The Kier molecular flexibility index (Phi) is 5.25. The maximum Gasteiger partial charge on any atom is 0.331 e. The lowest BCUT2D eigenvalue weighted by Crippen LogP contribution is -2.41. The number of anilines is 1. The van der Waals surface area contributed by atoms with E-state index in [2.05, 4.69) is 34.5 Å². The lowest BCUT2D eigenvalue weighted by atomic mass is 10.0. The summed E-state index contributed by atoms with van der Waals surface area (Å²) in [7, 11) is 2.88. The SMILES string of the molecule is Cn1c(C(=O)NCCCN2CCCc3ccccc32)cc(=O)n(C)c1=O. The van der Waals surface area contributed by atoms with Gasteiger partial charge in [0.2, 0.25) is 0 Å². The third-order valence-corrected chi connectivity index (χ3v) is 4.86. The van der Waals surface area contributed by atoms with Crippen LogP contribution in [0, 0.1) is 0 Å². The summed E-state index contributed by atoms with van der Waals surface area (Å²) in [6.45, 7) is 2.36. The first-order valence-electron chi connectivity index (χ1n) is 8.87. The molecule has 1 aliphatic heterocycles. The first-order chi connectivity index (χ1) is 12.5. The van der Waals surface area contributed by atoms with Crippen molar-refractivity contribution in [3.63, 3.8) is 0 Å². The van der Waals surface area contributed by atoms with Crippen LogP contribution in [0.3, 0.4) is 0 Å². The van der Waals surface area contributed by atoms with Crippen molar-refractivity contribution in [1.82, 2.24) is 14.5 Å². The average Bonchev–Trinajstić information content (AvgIpc) is 2.66. The average molecular weight is 356 g/mol. The molecule has 1 aromatic heterocycles. The monoisotopic (exact) mass is 356 g/mol. The first-order valence-corrected chi connectivity index (χ1v) is 8.87. The highest BCUT2D eigenvalue weighted by molar-refractivity contribution is 5.92. The summed E-state index contributed by atoms with van der Waals surface area (Å²) in [4.78, 5) is 38.3.